The summed E-state index contributed by atoms with van der Waals surface area (Å²) >= 11 is 0. The molecule has 168 valence electrons. The predicted octanol–water partition coefficient (Wildman–Crippen LogP) is 1.19. The Morgan fingerprint density at radius 1 is 1.00 bits per heavy atom. The normalized spacial score (nSPS) is 11.6. The highest BCUT2D eigenvalue weighted by atomic mass is 32.2. The first-order chi connectivity index (χ1) is 14.6. The van der Waals surface area contributed by atoms with Crippen molar-refractivity contribution in [2.75, 3.05) is 19.6 Å². The van der Waals surface area contributed by atoms with Gasteiger partial charge in [-0.1, -0.05) is 0 Å². The average Bonchev–Trinajstić information content (AvgIpc) is 2.71. The zero-order chi connectivity index (χ0) is 22.9. The summed E-state index contributed by atoms with van der Waals surface area (Å²) in [6, 6.07) is 6.85. The maximum absolute atomic E-state index is 12.1. The van der Waals surface area contributed by atoms with Crippen molar-refractivity contribution in [3.8, 4) is 5.75 Å². The summed E-state index contributed by atoms with van der Waals surface area (Å²) in [5.41, 5.74) is 0.376. The zero-order valence-corrected chi connectivity index (χ0v) is 16.8. The van der Waals surface area contributed by atoms with Crippen LogP contribution in [0.4, 0.5) is 13.2 Å². The summed E-state index contributed by atoms with van der Waals surface area (Å²) in [6.45, 7) is 0.0762. The van der Waals surface area contributed by atoms with E-state index >= 15 is 0 Å². The number of carbonyl (C=O) groups is 2. The monoisotopic (exact) mass is 460 g/mol. The van der Waals surface area contributed by atoms with Crippen LogP contribution in [0.25, 0.3) is 0 Å². The van der Waals surface area contributed by atoms with Gasteiger partial charge < -0.3 is 15.4 Å². The van der Waals surface area contributed by atoms with Gasteiger partial charge in [0, 0.05) is 38.4 Å². The Morgan fingerprint density at radius 2 is 1.68 bits per heavy atom. The molecule has 13 heteroatoms. The number of sulfonamides is 1. The quantitative estimate of drug-likeness (QED) is 0.458. The zero-order valence-electron chi connectivity index (χ0n) is 16.0. The molecule has 0 fully saturated rings. The van der Waals surface area contributed by atoms with Crippen molar-refractivity contribution in [2.24, 2.45) is 0 Å². The fourth-order valence-electron chi connectivity index (χ4n) is 2.27. The Balaban J connectivity index is 1.69. The SMILES string of the molecule is O=C(CCNS(=O)(=O)c1ccc(OC(F)(F)F)cc1)NCCNC(=O)c1cccnc1. The molecule has 9 nitrogen and oxygen atoms in total. The number of aromatic nitrogens is 1. The van der Waals surface area contributed by atoms with E-state index in [0.717, 1.165) is 24.3 Å². The summed E-state index contributed by atoms with van der Waals surface area (Å²) in [5.74, 6) is -1.35. The van der Waals surface area contributed by atoms with Gasteiger partial charge >= 0.3 is 6.36 Å². The van der Waals surface area contributed by atoms with Crippen LogP contribution in [0.2, 0.25) is 0 Å². The summed E-state index contributed by atoms with van der Waals surface area (Å²) in [5, 5.41) is 5.11. The highest BCUT2D eigenvalue weighted by molar-refractivity contribution is 7.89. The molecule has 0 aliphatic rings. The molecule has 0 aliphatic carbocycles. The van der Waals surface area contributed by atoms with Crippen LogP contribution in [0.1, 0.15) is 16.8 Å². The molecular weight excluding hydrogens is 441 g/mol. The van der Waals surface area contributed by atoms with Crippen molar-refractivity contribution < 1.29 is 35.9 Å². The molecule has 2 aromatic rings. The largest absolute Gasteiger partial charge is 0.573 e. The Kier molecular flexibility index (Phi) is 8.33. The average molecular weight is 460 g/mol. The number of ether oxygens (including phenoxy) is 1. The molecule has 0 bridgehead atoms. The van der Waals surface area contributed by atoms with E-state index in [1.54, 1.807) is 12.1 Å². The van der Waals surface area contributed by atoms with Crippen LogP contribution in [0.3, 0.4) is 0 Å². The molecule has 1 aromatic heterocycles. The third-order valence-electron chi connectivity index (χ3n) is 3.67. The fourth-order valence-corrected chi connectivity index (χ4v) is 3.30. The highest BCUT2D eigenvalue weighted by Gasteiger charge is 2.31. The minimum atomic E-state index is -4.88. The predicted molar refractivity (Wildman–Crippen MR) is 103 cm³/mol. The molecule has 0 aliphatic heterocycles. The molecule has 0 spiro atoms. The standard InChI is InChI=1S/C18H19F3N4O5S/c19-18(20,21)30-14-3-5-15(6-4-14)31(28,29)25-9-7-16(26)23-10-11-24-17(27)13-2-1-8-22-12-13/h1-6,8,12,25H,7,9-11H2,(H,23,26)(H,24,27). The Bertz CT molecular complexity index is 984. The lowest BCUT2D eigenvalue weighted by molar-refractivity contribution is -0.274. The summed E-state index contributed by atoms with van der Waals surface area (Å²) in [7, 11) is -4.01. The van der Waals surface area contributed by atoms with Crippen LogP contribution in [0.5, 0.6) is 5.75 Å². The fraction of sp³-hybridized carbons (Fsp3) is 0.278. The number of alkyl halides is 3. The molecule has 1 aromatic carbocycles. The molecule has 31 heavy (non-hydrogen) atoms. The van der Waals surface area contributed by atoms with Gasteiger partial charge in [-0.2, -0.15) is 0 Å². The molecule has 0 atom stereocenters. The third-order valence-corrected chi connectivity index (χ3v) is 5.15. The number of nitrogens with zero attached hydrogens (tertiary/aromatic N) is 1. The number of nitrogens with one attached hydrogen (secondary N) is 3. The topological polar surface area (TPSA) is 126 Å². The van der Waals surface area contributed by atoms with Gasteiger partial charge in [0.1, 0.15) is 5.75 Å². The lowest BCUT2D eigenvalue weighted by Crippen LogP contribution is -2.36. The van der Waals surface area contributed by atoms with E-state index in [2.05, 4.69) is 25.1 Å². The van der Waals surface area contributed by atoms with Gasteiger partial charge in [0.25, 0.3) is 5.91 Å². The van der Waals surface area contributed by atoms with Crippen molar-refractivity contribution >= 4 is 21.8 Å². The molecule has 0 radical (unpaired) electrons. The van der Waals surface area contributed by atoms with Crippen LogP contribution in [-0.4, -0.2) is 51.2 Å². The van der Waals surface area contributed by atoms with Crippen LogP contribution < -0.4 is 20.1 Å². The van der Waals surface area contributed by atoms with E-state index in [4.69, 9.17) is 0 Å². The van der Waals surface area contributed by atoms with Gasteiger partial charge in [0.2, 0.25) is 15.9 Å². The van der Waals surface area contributed by atoms with Crippen LogP contribution in [0.15, 0.2) is 53.7 Å². The first-order valence-corrected chi connectivity index (χ1v) is 10.4. The second-order valence-corrected chi connectivity index (χ2v) is 7.78. The lowest BCUT2D eigenvalue weighted by Gasteiger charge is -2.10. The van der Waals surface area contributed by atoms with E-state index < -0.39 is 28.0 Å². The van der Waals surface area contributed by atoms with Gasteiger partial charge in [-0.05, 0) is 36.4 Å². The second kappa shape index (κ2) is 10.7. The second-order valence-electron chi connectivity index (χ2n) is 6.01. The Morgan fingerprint density at radius 3 is 2.29 bits per heavy atom. The Hall–Kier alpha value is -3.19. The molecule has 0 unspecified atom stereocenters. The van der Waals surface area contributed by atoms with E-state index in [-0.39, 0.29) is 36.9 Å². The number of halogens is 3. The molecule has 0 saturated carbocycles. The lowest BCUT2D eigenvalue weighted by atomic mass is 10.3. The minimum Gasteiger partial charge on any atom is -0.406 e. The number of carbonyl (C=O) groups excluding carboxylic acids is 2. The van der Waals surface area contributed by atoms with Gasteiger partial charge in [-0.15, -0.1) is 13.2 Å². The van der Waals surface area contributed by atoms with Crippen molar-refractivity contribution in [1.82, 2.24) is 20.3 Å². The maximum atomic E-state index is 12.1. The Labute approximate surface area is 176 Å². The molecule has 2 amide bonds. The van der Waals surface area contributed by atoms with Crippen molar-refractivity contribution in [3.63, 3.8) is 0 Å². The van der Waals surface area contributed by atoms with Crippen molar-refractivity contribution in [3.05, 3.63) is 54.4 Å². The molecule has 0 saturated heterocycles. The molecular formula is C18H19F3N4O5S. The number of hydrogen-bond donors (Lipinski definition) is 3. The highest BCUT2D eigenvalue weighted by Crippen LogP contribution is 2.23. The summed E-state index contributed by atoms with van der Waals surface area (Å²) in [4.78, 5) is 27.1. The van der Waals surface area contributed by atoms with E-state index in [1.807, 2.05) is 0 Å². The minimum absolute atomic E-state index is 0.137. The first kappa shape index (κ1) is 24.1. The molecule has 1 heterocycles. The number of rotatable bonds is 10. The van der Waals surface area contributed by atoms with E-state index in [9.17, 15) is 31.2 Å². The smallest absolute Gasteiger partial charge is 0.406 e. The first-order valence-electron chi connectivity index (χ1n) is 8.87. The van der Waals surface area contributed by atoms with Crippen molar-refractivity contribution in [2.45, 2.75) is 17.7 Å². The van der Waals surface area contributed by atoms with Crippen LogP contribution in [-0.2, 0) is 14.8 Å². The van der Waals surface area contributed by atoms with Crippen molar-refractivity contribution in [1.29, 1.82) is 0 Å². The van der Waals surface area contributed by atoms with Gasteiger partial charge in [0.15, 0.2) is 0 Å². The van der Waals surface area contributed by atoms with E-state index in [0.29, 0.717) is 5.56 Å². The summed E-state index contributed by atoms with van der Waals surface area (Å²) < 4.78 is 66.5. The third kappa shape index (κ3) is 8.60. The number of pyridine rings is 1. The number of amides is 2. The summed E-state index contributed by atoms with van der Waals surface area (Å²) in [6.07, 6.45) is -2.13. The number of hydrogen-bond acceptors (Lipinski definition) is 6. The van der Waals surface area contributed by atoms with Crippen LogP contribution in [0, 0.1) is 0 Å². The van der Waals surface area contributed by atoms with Gasteiger partial charge in [0.05, 0.1) is 10.5 Å². The van der Waals surface area contributed by atoms with E-state index in [1.165, 1.54) is 12.4 Å². The van der Waals surface area contributed by atoms with Gasteiger partial charge in [-0.25, -0.2) is 13.1 Å². The number of benzene rings is 1. The maximum Gasteiger partial charge on any atom is 0.573 e. The molecule has 2 rings (SSSR count). The molecule has 3 N–H and O–H groups in total. The van der Waals surface area contributed by atoms with Crippen LogP contribution >= 0.6 is 0 Å². The van der Waals surface area contributed by atoms with Gasteiger partial charge in [-0.3, -0.25) is 14.6 Å².